The third-order valence-electron chi connectivity index (χ3n) is 9.27. The number of fused-ring (bicyclic) bond motifs is 1. The first kappa shape index (κ1) is 35.5. The van der Waals surface area contributed by atoms with Crippen molar-refractivity contribution in [3.8, 4) is 11.5 Å². The third kappa shape index (κ3) is 8.53. The lowest BCUT2D eigenvalue weighted by atomic mass is 10.1. The fourth-order valence-electron chi connectivity index (χ4n) is 6.26. The molecular formula is C39H41F3N6O3. The summed E-state index contributed by atoms with van der Waals surface area (Å²) in [5.41, 5.74) is 3.87. The fourth-order valence-corrected chi connectivity index (χ4v) is 6.26. The molecule has 3 aromatic carbocycles. The molecule has 2 amide bonds. The molecule has 9 nitrogen and oxygen atoms in total. The van der Waals surface area contributed by atoms with Crippen LogP contribution in [0.1, 0.15) is 46.6 Å². The van der Waals surface area contributed by atoms with Gasteiger partial charge in [-0.15, -0.1) is 0 Å². The number of carbonyl (C=O) groups is 2. The standard InChI is InChI=1S/C39H41F3N6O3/c1-4-46(5-2)14-15-47-16-18-48(19-17-47)26(3)28-21-31(43-25-28)23-35-34-13-12-33(24-36(34)45-38(35)50)51-32-11-7-10-30(22-32)44-37(49)27-8-6-9-29(20-27)39(40,41)42/h6-13,20-25,43H,3-5,14-19H2,1-2H3,(H,44,49)(H,45,50)/b35-23-. The van der Waals surface area contributed by atoms with Crippen LogP contribution in [0.5, 0.6) is 11.5 Å². The summed E-state index contributed by atoms with van der Waals surface area (Å²) in [5, 5.41) is 5.52. The summed E-state index contributed by atoms with van der Waals surface area (Å²) in [4.78, 5) is 36.2. The number of likely N-dealkylation sites (N-methyl/N-ethyl adjacent to an activating group) is 1. The van der Waals surface area contributed by atoms with Crippen molar-refractivity contribution in [2.45, 2.75) is 20.0 Å². The molecular weight excluding hydrogens is 657 g/mol. The summed E-state index contributed by atoms with van der Waals surface area (Å²) in [6.45, 7) is 16.9. The van der Waals surface area contributed by atoms with E-state index in [-0.39, 0.29) is 11.5 Å². The Kier molecular flexibility index (Phi) is 10.6. The summed E-state index contributed by atoms with van der Waals surface area (Å²) >= 11 is 0. The maximum absolute atomic E-state index is 13.1. The van der Waals surface area contributed by atoms with E-state index in [2.05, 4.69) is 50.7 Å². The normalized spacial score (nSPS) is 15.6. The van der Waals surface area contributed by atoms with Crippen LogP contribution in [-0.4, -0.2) is 83.9 Å². The molecule has 0 aliphatic carbocycles. The van der Waals surface area contributed by atoms with E-state index in [1.165, 1.54) is 12.1 Å². The first-order valence-corrected chi connectivity index (χ1v) is 17.0. The highest BCUT2D eigenvalue weighted by atomic mass is 19.4. The molecule has 3 heterocycles. The zero-order valence-electron chi connectivity index (χ0n) is 28.6. The maximum atomic E-state index is 13.1. The van der Waals surface area contributed by atoms with Gasteiger partial charge < -0.3 is 30.2 Å². The minimum atomic E-state index is -4.56. The summed E-state index contributed by atoms with van der Waals surface area (Å²) in [7, 11) is 0. The Hall–Kier alpha value is -5.33. The van der Waals surface area contributed by atoms with E-state index in [0.717, 1.165) is 87.0 Å². The van der Waals surface area contributed by atoms with Gasteiger partial charge in [0.2, 0.25) is 0 Å². The van der Waals surface area contributed by atoms with Crippen molar-refractivity contribution < 1.29 is 27.5 Å². The van der Waals surface area contributed by atoms with Crippen LogP contribution in [0.2, 0.25) is 0 Å². The number of ether oxygens (including phenoxy) is 1. The molecule has 0 unspecified atom stereocenters. The molecule has 2 aliphatic rings. The Morgan fingerprint density at radius 3 is 2.45 bits per heavy atom. The molecule has 1 saturated heterocycles. The number of alkyl halides is 3. The number of halogens is 3. The lowest BCUT2D eigenvalue weighted by molar-refractivity contribution is -0.137. The number of aromatic amines is 1. The van der Waals surface area contributed by atoms with Crippen LogP contribution in [0, 0.1) is 0 Å². The van der Waals surface area contributed by atoms with Gasteiger partial charge in [0.15, 0.2) is 0 Å². The molecule has 6 rings (SSSR count). The van der Waals surface area contributed by atoms with E-state index in [1.54, 1.807) is 42.5 Å². The number of piperazine rings is 1. The molecule has 1 fully saturated rings. The van der Waals surface area contributed by atoms with E-state index >= 15 is 0 Å². The van der Waals surface area contributed by atoms with Gasteiger partial charge in [-0.05, 0) is 67.7 Å². The van der Waals surface area contributed by atoms with Gasteiger partial charge in [-0.3, -0.25) is 14.5 Å². The number of hydrogen-bond acceptors (Lipinski definition) is 6. The van der Waals surface area contributed by atoms with Crippen molar-refractivity contribution in [3.63, 3.8) is 0 Å². The molecule has 51 heavy (non-hydrogen) atoms. The van der Waals surface area contributed by atoms with E-state index in [0.29, 0.717) is 28.4 Å². The smallest absolute Gasteiger partial charge is 0.416 e. The zero-order valence-corrected chi connectivity index (χ0v) is 28.6. The minimum Gasteiger partial charge on any atom is -0.457 e. The maximum Gasteiger partial charge on any atom is 0.416 e. The third-order valence-corrected chi connectivity index (χ3v) is 9.27. The fraction of sp³-hybridized carbons (Fsp3) is 0.282. The molecule has 12 heteroatoms. The topological polar surface area (TPSA) is 92.9 Å². The SMILES string of the molecule is C=C(c1c[nH]c(/C=C2\C(=O)Nc3cc(Oc4cccc(NC(=O)c5cccc(C(F)(F)F)c5)c4)ccc32)c1)N1CCN(CCN(CC)CC)CC1. The average Bonchev–Trinajstić information content (AvgIpc) is 3.72. The van der Waals surface area contributed by atoms with Crippen LogP contribution in [-0.2, 0) is 11.0 Å². The number of anilines is 2. The molecule has 1 aromatic heterocycles. The number of H-pyrrole nitrogens is 1. The first-order valence-electron chi connectivity index (χ1n) is 17.0. The summed E-state index contributed by atoms with van der Waals surface area (Å²) in [5.74, 6) is -0.0892. The lowest BCUT2D eigenvalue weighted by Crippen LogP contribution is -2.47. The van der Waals surface area contributed by atoms with Crippen LogP contribution >= 0.6 is 0 Å². The molecule has 0 spiro atoms. The molecule has 4 aromatic rings. The van der Waals surface area contributed by atoms with Crippen molar-refractivity contribution in [1.82, 2.24) is 19.7 Å². The van der Waals surface area contributed by atoms with Crippen molar-refractivity contribution in [3.05, 3.63) is 114 Å². The van der Waals surface area contributed by atoms with E-state index < -0.39 is 17.6 Å². The summed E-state index contributed by atoms with van der Waals surface area (Å²) in [6, 6.07) is 18.0. The molecule has 0 saturated carbocycles. The van der Waals surface area contributed by atoms with Crippen LogP contribution in [0.25, 0.3) is 17.3 Å². The Morgan fingerprint density at radius 2 is 1.71 bits per heavy atom. The highest BCUT2D eigenvalue weighted by Crippen LogP contribution is 2.37. The van der Waals surface area contributed by atoms with Crippen LogP contribution in [0.4, 0.5) is 24.5 Å². The number of amides is 2. The Morgan fingerprint density at radius 1 is 0.961 bits per heavy atom. The van der Waals surface area contributed by atoms with Crippen molar-refractivity contribution in [2.75, 3.05) is 63.0 Å². The van der Waals surface area contributed by atoms with Gasteiger partial charge in [0.25, 0.3) is 11.8 Å². The van der Waals surface area contributed by atoms with Gasteiger partial charge in [0.05, 0.1) is 16.8 Å². The van der Waals surface area contributed by atoms with Crippen LogP contribution in [0.15, 0.2) is 85.6 Å². The molecule has 0 bridgehead atoms. The summed E-state index contributed by atoms with van der Waals surface area (Å²) in [6.07, 6.45) is -0.819. The predicted molar refractivity (Wildman–Crippen MR) is 194 cm³/mol. The number of carbonyl (C=O) groups excluding carboxylic acids is 2. The van der Waals surface area contributed by atoms with Crippen molar-refractivity contribution in [1.29, 1.82) is 0 Å². The first-order chi connectivity index (χ1) is 24.5. The molecule has 0 atom stereocenters. The number of hydrogen-bond donors (Lipinski definition) is 3. The van der Waals surface area contributed by atoms with Crippen LogP contribution < -0.4 is 15.4 Å². The number of nitrogens with one attached hydrogen (secondary N) is 3. The Labute approximate surface area is 295 Å². The second kappa shape index (κ2) is 15.3. The minimum absolute atomic E-state index is 0.120. The molecule has 266 valence electrons. The number of aromatic nitrogens is 1. The highest BCUT2D eigenvalue weighted by Gasteiger charge is 2.31. The van der Waals surface area contributed by atoms with E-state index in [9.17, 15) is 22.8 Å². The quantitative estimate of drug-likeness (QED) is 0.133. The molecule has 0 radical (unpaired) electrons. The van der Waals surface area contributed by atoms with Gasteiger partial charge in [0.1, 0.15) is 11.5 Å². The highest BCUT2D eigenvalue weighted by molar-refractivity contribution is 6.34. The summed E-state index contributed by atoms with van der Waals surface area (Å²) < 4.78 is 45.3. The second-order valence-corrected chi connectivity index (χ2v) is 12.5. The monoisotopic (exact) mass is 698 g/mol. The van der Waals surface area contributed by atoms with E-state index in [1.807, 2.05) is 18.3 Å². The van der Waals surface area contributed by atoms with Crippen LogP contribution in [0.3, 0.4) is 0 Å². The number of rotatable bonds is 12. The number of nitrogens with zero attached hydrogens (tertiary/aromatic N) is 3. The van der Waals surface area contributed by atoms with Crippen molar-refractivity contribution in [2.24, 2.45) is 0 Å². The Bertz CT molecular complexity index is 1940. The molecule has 3 N–H and O–H groups in total. The predicted octanol–water partition coefficient (Wildman–Crippen LogP) is 7.50. The van der Waals surface area contributed by atoms with Gasteiger partial charge in [-0.25, -0.2) is 0 Å². The Balaban J connectivity index is 1.07. The number of benzene rings is 3. The second-order valence-electron chi connectivity index (χ2n) is 12.5. The van der Waals surface area contributed by atoms with Gasteiger partial charge in [0, 0.05) is 91.4 Å². The largest absolute Gasteiger partial charge is 0.457 e. The van der Waals surface area contributed by atoms with Gasteiger partial charge in [-0.1, -0.05) is 32.6 Å². The molecule has 2 aliphatic heterocycles. The van der Waals surface area contributed by atoms with Gasteiger partial charge in [-0.2, -0.15) is 13.2 Å². The van der Waals surface area contributed by atoms with Gasteiger partial charge >= 0.3 is 6.18 Å². The van der Waals surface area contributed by atoms with E-state index in [4.69, 9.17) is 4.74 Å². The average molecular weight is 699 g/mol. The van der Waals surface area contributed by atoms with Crippen molar-refractivity contribution >= 4 is 40.5 Å². The zero-order chi connectivity index (χ0) is 36.1. The lowest BCUT2D eigenvalue weighted by Gasteiger charge is -2.37.